The van der Waals surface area contributed by atoms with Gasteiger partial charge in [0.2, 0.25) is 6.29 Å². The normalized spacial score (nSPS) is 51.4. The van der Waals surface area contributed by atoms with Crippen LogP contribution in [0.15, 0.2) is 4.99 Å². The Labute approximate surface area is 204 Å². The summed E-state index contributed by atoms with van der Waals surface area (Å²) in [5.41, 5.74) is 0. The number of rotatable bonds is 7. The fraction of sp³-hybridized carbons (Fsp3) is 0.950. The lowest BCUT2D eigenvalue weighted by molar-refractivity contribution is -0.373. The first-order chi connectivity index (χ1) is 17.1. The molecule has 4 aliphatic heterocycles. The molecule has 0 aromatic rings. The second-order valence-electron chi connectivity index (χ2n) is 9.08. The average Bonchev–Trinajstić information content (AvgIpc) is 3.24. The Morgan fingerprint density at radius 1 is 0.639 bits per heavy atom. The first-order valence-corrected chi connectivity index (χ1v) is 11.5. The molecule has 0 radical (unpaired) electrons. The van der Waals surface area contributed by atoms with Crippen molar-refractivity contribution >= 4 is 5.90 Å². The minimum absolute atomic E-state index is 0.256. The van der Waals surface area contributed by atoms with Crippen LogP contribution >= 0.6 is 0 Å². The first kappa shape index (κ1) is 27.9. The van der Waals surface area contributed by atoms with Gasteiger partial charge in [0.25, 0.3) is 0 Å². The van der Waals surface area contributed by atoms with Crippen LogP contribution in [0, 0.1) is 0 Å². The van der Waals surface area contributed by atoms with E-state index in [1.54, 1.807) is 6.92 Å². The summed E-state index contributed by atoms with van der Waals surface area (Å²) in [5.74, 6) is 0.256. The predicted octanol–water partition coefficient (Wildman–Crippen LogP) is -6.11. The van der Waals surface area contributed by atoms with Gasteiger partial charge in [-0.15, -0.1) is 0 Å². The summed E-state index contributed by atoms with van der Waals surface area (Å²) in [6.45, 7) is -0.532. The zero-order valence-electron chi connectivity index (χ0n) is 19.2. The van der Waals surface area contributed by atoms with Crippen molar-refractivity contribution in [2.45, 2.75) is 99.0 Å². The van der Waals surface area contributed by atoms with Crippen molar-refractivity contribution in [2.75, 3.05) is 19.8 Å². The van der Waals surface area contributed by atoms with Gasteiger partial charge in [-0.25, -0.2) is 4.99 Å². The van der Waals surface area contributed by atoms with Gasteiger partial charge in [-0.3, -0.25) is 0 Å². The third-order valence-corrected chi connectivity index (χ3v) is 6.69. The number of hydrogen-bond acceptors (Lipinski definition) is 16. The van der Waals surface area contributed by atoms with Crippen molar-refractivity contribution in [3.8, 4) is 0 Å². The summed E-state index contributed by atoms with van der Waals surface area (Å²) < 4.78 is 33.0. The van der Waals surface area contributed by atoms with Gasteiger partial charge in [-0.2, -0.15) is 0 Å². The van der Waals surface area contributed by atoms with Crippen LogP contribution in [0.25, 0.3) is 0 Å². The molecule has 16 heteroatoms. The Balaban J connectivity index is 1.51. The molecule has 36 heavy (non-hydrogen) atoms. The molecule has 16 nitrogen and oxygen atoms in total. The fourth-order valence-electron chi connectivity index (χ4n) is 4.68. The molecule has 0 aliphatic carbocycles. The standard InChI is InChI=1S/C20H33NO15/c1-5-21-9-12(27)16(8(4-24)34-18(9)31-5)35-20-15(30)17(11(26)7(3-23)33-20)36-19-14(29)13(28)10(25)6(2-22)32-19/h6-20,22-30H,2-4H2,1H3/t6-,7?,8?,9?,10+,11+,12+,13?,14?,15?,16+,17+,18-,19+,20-/m0/s1. The van der Waals surface area contributed by atoms with E-state index in [1.165, 1.54) is 0 Å². The van der Waals surface area contributed by atoms with Crippen molar-refractivity contribution in [3.63, 3.8) is 0 Å². The zero-order chi connectivity index (χ0) is 26.3. The van der Waals surface area contributed by atoms with Crippen molar-refractivity contribution < 1.29 is 74.4 Å². The third-order valence-electron chi connectivity index (χ3n) is 6.69. The van der Waals surface area contributed by atoms with Crippen LogP contribution in [0.2, 0.25) is 0 Å². The van der Waals surface area contributed by atoms with E-state index in [0.29, 0.717) is 0 Å². The predicted molar refractivity (Wildman–Crippen MR) is 111 cm³/mol. The van der Waals surface area contributed by atoms with E-state index in [9.17, 15) is 46.0 Å². The Bertz CT molecular complexity index is 771. The third kappa shape index (κ3) is 5.12. The SMILES string of the molecule is CC1=NC2[C@@H](O1)OC(CO)[C@@H](O[C@@H]1OC(CO)[C@@H](O)[C@@H](O[C@H]3O[C@@H](CO)[C@@H](O)C(O)C3O)C1O)[C@@H]2O. The lowest BCUT2D eigenvalue weighted by atomic mass is 9.95. The fourth-order valence-corrected chi connectivity index (χ4v) is 4.68. The molecule has 0 saturated carbocycles. The number of aliphatic hydroxyl groups is 9. The van der Waals surface area contributed by atoms with Crippen molar-refractivity contribution in [1.82, 2.24) is 0 Å². The molecule has 0 aromatic carbocycles. The molecule has 6 unspecified atom stereocenters. The summed E-state index contributed by atoms with van der Waals surface area (Å²) in [7, 11) is 0. The molecule has 0 amide bonds. The molecule has 15 atom stereocenters. The van der Waals surface area contributed by atoms with Crippen LogP contribution in [0.3, 0.4) is 0 Å². The molecule has 0 bridgehead atoms. The van der Waals surface area contributed by atoms with E-state index in [-0.39, 0.29) is 5.90 Å². The number of fused-ring (bicyclic) bond motifs is 1. The topological polar surface area (TPSA) is 250 Å². The number of hydrogen-bond donors (Lipinski definition) is 9. The lowest BCUT2D eigenvalue weighted by Crippen LogP contribution is -2.66. The number of ether oxygens (including phenoxy) is 6. The molecule has 0 aromatic heterocycles. The molecule has 3 saturated heterocycles. The number of aliphatic imine (C=N–C) groups is 1. The van der Waals surface area contributed by atoms with Gasteiger partial charge < -0.3 is 74.4 Å². The molecular formula is C20H33NO15. The maximum absolute atomic E-state index is 10.9. The molecule has 3 fully saturated rings. The number of aliphatic hydroxyl groups excluding tert-OH is 9. The van der Waals surface area contributed by atoms with E-state index >= 15 is 0 Å². The van der Waals surface area contributed by atoms with Crippen LogP contribution in [0.5, 0.6) is 0 Å². The highest BCUT2D eigenvalue weighted by molar-refractivity contribution is 5.75. The van der Waals surface area contributed by atoms with Gasteiger partial charge in [0, 0.05) is 6.92 Å². The Morgan fingerprint density at radius 2 is 1.19 bits per heavy atom. The van der Waals surface area contributed by atoms with Gasteiger partial charge >= 0.3 is 0 Å². The van der Waals surface area contributed by atoms with E-state index in [0.717, 1.165) is 0 Å². The van der Waals surface area contributed by atoms with E-state index in [1.807, 2.05) is 0 Å². The molecular weight excluding hydrogens is 494 g/mol. The molecule has 4 heterocycles. The minimum atomic E-state index is -1.83. The molecule has 4 aliphatic rings. The zero-order valence-corrected chi connectivity index (χ0v) is 19.2. The quantitative estimate of drug-likeness (QED) is 0.149. The first-order valence-electron chi connectivity index (χ1n) is 11.5. The largest absolute Gasteiger partial charge is 0.450 e. The minimum Gasteiger partial charge on any atom is -0.450 e. The summed E-state index contributed by atoms with van der Waals surface area (Å²) in [5, 5.41) is 91.4. The Kier molecular flexibility index (Phi) is 8.80. The van der Waals surface area contributed by atoms with E-state index in [4.69, 9.17) is 28.4 Å². The van der Waals surface area contributed by atoms with Crippen LogP contribution < -0.4 is 0 Å². The Hall–Kier alpha value is -1.09. The molecule has 4 rings (SSSR count). The second kappa shape index (κ2) is 11.3. The van der Waals surface area contributed by atoms with Crippen molar-refractivity contribution in [3.05, 3.63) is 0 Å². The van der Waals surface area contributed by atoms with Gasteiger partial charge in [-0.1, -0.05) is 0 Å². The van der Waals surface area contributed by atoms with Gasteiger partial charge in [0.15, 0.2) is 18.5 Å². The van der Waals surface area contributed by atoms with Gasteiger partial charge in [0.05, 0.1) is 19.8 Å². The number of nitrogens with zero attached hydrogens (tertiary/aromatic N) is 1. The summed E-state index contributed by atoms with van der Waals surface area (Å²) >= 11 is 0. The van der Waals surface area contributed by atoms with Gasteiger partial charge in [-0.05, 0) is 0 Å². The lowest BCUT2D eigenvalue weighted by Gasteiger charge is -2.47. The smallest absolute Gasteiger partial charge is 0.227 e. The van der Waals surface area contributed by atoms with Gasteiger partial charge in [0.1, 0.15) is 73.2 Å². The summed E-state index contributed by atoms with van der Waals surface area (Å²) in [4.78, 5) is 4.14. The molecule has 9 N–H and O–H groups in total. The summed E-state index contributed by atoms with van der Waals surface area (Å²) in [6.07, 6.45) is -21.2. The maximum Gasteiger partial charge on any atom is 0.227 e. The van der Waals surface area contributed by atoms with Crippen LogP contribution in [-0.4, -0.2) is 164 Å². The monoisotopic (exact) mass is 527 g/mol. The van der Waals surface area contributed by atoms with Crippen LogP contribution in [-0.2, 0) is 28.4 Å². The molecule has 208 valence electrons. The molecule has 0 spiro atoms. The average molecular weight is 527 g/mol. The highest BCUT2D eigenvalue weighted by atomic mass is 16.8. The highest BCUT2D eigenvalue weighted by Gasteiger charge is 2.54. The highest BCUT2D eigenvalue weighted by Crippen LogP contribution is 2.34. The van der Waals surface area contributed by atoms with E-state index < -0.39 is 112 Å². The maximum atomic E-state index is 10.9. The van der Waals surface area contributed by atoms with Crippen LogP contribution in [0.4, 0.5) is 0 Å². The van der Waals surface area contributed by atoms with Crippen molar-refractivity contribution in [1.29, 1.82) is 0 Å². The summed E-state index contributed by atoms with van der Waals surface area (Å²) in [6, 6.07) is -0.890. The van der Waals surface area contributed by atoms with E-state index in [2.05, 4.69) is 4.99 Å². The van der Waals surface area contributed by atoms with Crippen molar-refractivity contribution in [2.24, 2.45) is 4.99 Å². The van der Waals surface area contributed by atoms with Crippen LogP contribution in [0.1, 0.15) is 6.92 Å². The Morgan fingerprint density at radius 3 is 1.81 bits per heavy atom. The second-order valence-corrected chi connectivity index (χ2v) is 9.08.